The van der Waals surface area contributed by atoms with Gasteiger partial charge in [0.05, 0.1) is 11.3 Å². The Hall–Kier alpha value is -1.86. The lowest BCUT2D eigenvalue weighted by molar-refractivity contribution is 1.11. The van der Waals surface area contributed by atoms with E-state index in [1.165, 1.54) is 0 Å². The highest BCUT2D eigenvalue weighted by atomic mass is 79.9. The number of nitrogens with zero attached hydrogens (tertiary/aromatic N) is 2. The third kappa shape index (κ3) is 2.77. The fourth-order valence-electron chi connectivity index (χ4n) is 1.86. The van der Waals surface area contributed by atoms with Crippen LogP contribution >= 0.6 is 15.9 Å². The van der Waals surface area contributed by atoms with Crippen molar-refractivity contribution >= 4 is 21.7 Å². The first-order valence-electron chi connectivity index (χ1n) is 6.20. The number of nitrogens with one attached hydrogen (secondary N) is 1. The summed E-state index contributed by atoms with van der Waals surface area (Å²) in [6.07, 6.45) is 2.32. The summed E-state index contributed by atoms with van der Waals surface area (Å²) in [7, 11) is 0. The second kappa shape index (κ2) is 5.02. The van der Waals surface area contributed by atoms with Crippen LogP contribution in [0, 0.1) is 11.3 Å². The van der Waals surface area contributed by atoms with Gasteiger partial charge in [0.1, 0.15) is 11.9 Å². The average molecular weight is 314 g/mol. The van der Waals surface area contributed by atoms with E-state index in [2.05, 4.69) is 32.3 Å². The van der Waals surface area contributed by atoms with Crippen LogP contribution in [0.2, 0.25) is 0 Å². The molecule has 94 valence electrons. The van der Waals surface area contributed by atoms with E-state index in [9.17, 15) is 0 Å². The largest absolute Gasteiger partial charge is 0.366 e. The van der Waals surface area contributed by atoms with Crippen LogP contribution in [0.1, 0.15) is 18.4 Å². The standard InChI is InChI=1S/C15H12BrN3/c16-12-4-1-10(2-5-12)14-8-3-11(9-17)15(19-14)18-13-6-7-13/h1-5,8,13H,6-7H2,(H,18,19). The molecule has 0 spiro atoms. The number of pyridine rings is 1. The number of rotatable bonds is 3. The third-order valence-electron chi connectivity index (χ3n) is 3.07. The number of aromatic nitrogens is 1. The van der Waals surface area contributed by atoms with Crippen molar-refractivity contribution in [3.8, 4) is 17.3 Å². The smallest absolute Gasteiger partial charge is 0.144 e. The molecule has 19 heavy (non-hydrogen) atoms. The molecule has 1 aromatic carbocycles. The second-order valence-electron chi connectivity index (χ2n) is 4.63. The molecule has 1 aromatic heterocycles. The van der Waals surface area contributed by atoms with Crippen molar-refractivity contribution in [3.63, 3.8) is 0 Å². The molecule has 1 aliphatic carbocycles. The average Bonchev–Trinajstić information content (AvgIpc) is 3.23. The molecule has 1 aliphatic rings. The van der Waals surface area contributed by atoms with Gasteiger partial charge in [-0.1, -0.05) is 28.1 Å². The Kier molecular flexibility index (Phi) is 3.22. The van der Waals surface area contributed by atoms with Crippen LogP contribution in [0.3, 0.4) is 0 Å². The van der Waals surface area contributed by atoms with E-state index in [0.29, 0.717) is 17.4 Å². The Morgan fingerprint density at radius 3 is 2.53 bits per heavy atom. The summed E-state index contributed by atoms with van der Waals surface area (Å²) in [4.78, 5) is 4.57. The minimum Gasteiger partial charge on any atom is -0.366 e. The minimum absolute atomic E-state index is 0.486. The fraction of sp³-hybridized carbons (Fsp3) is 0.200. The Morgan fingerprint density at radius 1 is 1.16 bits per heavy atom. The van der Waals surface area contributed by atoms with Gasteiger partial charge in [0.15, 0.2) is 0 Å². The fourth-order valence-corrected chi connectivity index (χ4v) is 2.13. The molecule has 0 amide bonds. The van der Waals surface area contributed by atoms with E-state index >= 15 is 0 Å². The minimum atomic E-state index is 0.486. The Morgan fingerprint density at radius 2 is 1.89 bits per heavy atom. The first-order chi connectivity index (χ1) is 9.26. The lowest BCUT2D eigenvalue weighted by Crippen LogP contribution is -2.05. The van der Waals surface area contributed by atoms with Gasteiger partial charge < -0.3 is 5.32 Å². The Labute approximate surface area is 120 Å². The van der Waals surface area contributed by atoms with E-state index < -0.39 is 0 Å². The summed E-state index contributed by atoms with van der Waals surface area (Å²) < 4.78 is 1.04. The predicted molar refractivity (Wildman–Crippen MR) is 78.7 cm³/mol. The Bertz CT molecular complexity index is 639. The lowest BCUT2D eigenvalue weighted by Gasteiger charge is -2.08. The highest BCUT2D eigenvalue weighted by Crippen LogP contribution is 2.28. The normalized spacial score (nSPS) is 13.9. The zero-order valence-electron chi connectivity index (χ0n) is 10.2. The van der Waals surface area contributed by atoms with Crippen LogP contribution < -0.4 is 5.32 Å². The number of benzene rings is 1. The maximum absolute atomic E-state index is 9.11. The van der Waals surface area contributed by atoms with Crippen molar-refractivity contribution < 1.29 is 0 Å². The van der Waals surface area contributed by atoms with E-state index in [4.69, 9.17) is 5.26 Å². The van der Waals surface area contributed by atoms with Crippen molar-refractivity contribution in [2.75, 3.05) is 5.32 Å². The molecule has 1 saturated carbocycles. The van der Waals surface area contributed by atoms with Crippen LogP contribution in [-0.4, -0.2) is 11.0 Å². The highest BCUT2D eigenvalue weighted by molar-refractivity contribution is 9.10. The van der Waals surface area contributed by atoms with E-state index in [1.54, 1.807) is 0 Å². The quantitative estimate of drug-likeness (QED) is 0.933. The number of nitriles is 1. The van der Waals surface area contributed by atoms with Gasteiger partial charge in [-0.25, -0.2) is 4.98 Å². The van der Waals surface area contributed by atoms with Crippen molar-refractivity contribution in [2.24, 2.45) is 0 Å². The van der Waals surface area contributed by atoms with Crippen LogP contribution in [0.5, 0.6) is 0 Å². The van der Waals surface area contributed by atoms with Crippen LogP contribution in [0.4, 0.5) is 5.82 Å². The first kappa shape index (κ1) is 12.2. The summed E-state index contributed by atoms with van der Waals surface area (Å²) >= 11 is 3.42. The maximum atomic E-state index is 9.11. The highest BCUT2D eigenvalue weighted by Gasteiger charge is 2.22. The van der Waals surface area contributed by atoms with Crippen molar-refractivity contribution in [3.05, 3.63) is 46.4 Å². The molecule has 3 nitrogen and oxygen atoms in total. The molecule has 4 heteroatoms. The summed E-state index contributed by atoms with van der Waals surface area (Å²) in [6, 6.07) is 14.4. The van der Waals surface area contributed by atoms with Crippen molar-refractivity contribution in [1.29, 1.82) is 5.26 Å². The number of hydrogen-bond donors (Lipinski definition) is 1. The van der Waals surface area contributed by atoms with Gasteiger partial charge in [0.25, 0.3) is 0 Å². The van der Waals surface area contributed by atoms with Crippen LogP contribution in [-0.2, 0) is 0 Å². The zero-order valence-corrected chi connectivity index (χ0v) is 11.8. The predicted octanol–water partition coefficient (Wildman–Crippen LogP) is 3.96. The number of anilines is 1. The van der Waals surface area contributed by atoms with Gasteiger partial charge in [0.2, 0.25) is 0 Å². The van der Waals surface area contributed by atoms with Gasteiger partial charge in [-0.3, -0.25) is 0 Å². The van der Waals surface area contributed by atoms with Gasteiger partial charge in [-0.2, -0.15) is 5.26 Å². The topological polar surface area (TPSA) is 48.7 Å². The maximum Gasteiger partial charge on any atom is 0.144 e. The molecule has 0 unspecified atom stereocenters. The summed E-state index contributed by atoms with van der Waals surface area (Å²) in [6.45, 7) is 0. The first-order valence-corrected chi connectivity index (χ1v) is 6.99. The van der Waals surface area contributed by atoms with Gasteiger partial charge in [-0.05, 0) is 37.1 Å². The molecule has 0 bridgehead atoms. The Balaban J connectivity index is 1.97. The van der Waals surface area contributed by atoms with Gasteiger partial charge >= 0.3 is 0 Å². The van der Waals surface area contributed by atoms with E-state index in [-0.39, 0.29) is 0 Å². The lowest BCUT2D eigenvalue weighted by atomic mass is 10.1. The molecule has 0 aliphatic heterocycles. The molecule has 0 radical (unpaired) electrons. The van der Waals surface area contributed by atoms with Crippen molar-refractivity contribution in [2.45, 2.75) is 18.9 Å². The second-order valence-corrected chi connectivity index (χ2v) is 5.55. The molecular formula is C15H12BrN3. The molecule has 0 saturated heterocycles. The van der Waals surface area contributed by atoms with E-state index in [0.717, 1.165) is 28.6 Å². The van der Waals surface area contributed by atoms with Gasteiger partial charge in [-0.15, -0.1) is 0 Å². The summed E-state index contributed by atoms with van der Waals surface area (Å²) in [5.74, 6) is 0.699. The zero-order chi connectivity index (χ0) is 13.2. The molecule has 2 aromatic rings. The van der Waals surface area contributed by atoms with Crippen LogP contribution in [0.25, 0.3) is 11.3 Å². The summed E-state index contributed by atoms with van der Waals surface area (Å²) in [5, 5.41) is 12.4. The third-order valence-corrected chi connectivity index (χ3v) is 3.60. The van der Waals surface area contributed by atoms with Crippen molar-refractivity contribution in [1.82, 2.24) is 4.98 Å². The molecule has 1 heterocycles. The molecule has 0 atom stereocenters. The molecule has 1 N–H and O–H groups in total. The number of hydrogen-bond acceptors (Lipinski definition) is 3. The number of halogens is 1. The van der Waals surface area contributed by atoms with Crippen LogP contribution in [0.15, 0.2) is 40.9 Å². The SMILES string of the molecule is N#Cc1ccc(-c2ccc(Br)cc2)nc1NC1CC1. The summed E-state index contributed by atoms with van der Waals surface area (Å²) in [5.41, 5.74) is 2.54. The van der Waals surface area contributed by atoms with E-state index in [1.807, 2.05) is 36.4 Å². The monoisotopic (exact) mass is 313 g/mol. The molecular weight excluding hydrogens is 302 g/mol. The van der Waals surface area contributed by atoms with Gasteiger partial charge in [0, 0.05) is 16.1 Å². The molecule has 1 fully saturated rings. The molecule has 3 rings (SSSR count).